The summed E-state index contributed by atoms with van der Waals surface area (Å²) in [6.07, 6.45) is 3.71. The molecule has 0 aromatic carbocycles. The molecule has 2 unspecified atom stereocenters. The maximum Gasteiger partial charge on any atom is 0.0217 e. The molecule has 0 amide bonds. The third-order valence-corrected chi connectivity index (χ3v) is 4.36. The van der Waals surface area contributed by atoms with Crippen molar-refractivity contribution in [3.05, 3.63) is 11.6 Å². The summed E-state index contributed by atoms with van der Waals surface area (Å²) in [7, 11) is 0. The van der Waals surface area contributed by atoms with E-state index in [-0.39, 0.29) is 0 Å². The van der Waals surface area contributed by atoms with Crippen molar-refractivity contribution >= 4 is 17.1 Å². The van der Waals surface area contributed by atoms with Gasteiger partial charge in [0.25, 0.3) is 0 Å². The van der Waals surface area contributed by atoms with E-state index >= 15 is 0 Å². The van der Waals surface area contributed by atoms with E-state index in [2.05, 4.69) is 47.6 Å². The highest BCUT2D eigenvalue weighted by Gasteiger charge is 2.31. The third kappa shape index (κ3) is 2.94. The predicted octanol–water partition coefficient (Wildman–Crippen LogP) is 4.89. The van der Waals surface area contributed by atoms with E-state index in [1.165, 1.54) is 16.9 Å². The van der Waals surface area contributed by atoms with Crippen molar-refractivity contribution < 1.29 is 0 Å². The molecule has 1 heteroatoms. The quantitative estimate of drug-likeness (QED) is 0.631. The van der Waals surface area contributed by atoms with Crippen molar-refractivity contribution in [1.82, 2.24) is 0 Å². The minimum absolute atomic E-state index is 0.579. The number of allylic oxidation sites excluding steroid dienone is 2. The van der Waals surface area contributed by atoms with Gasteiger partial charge in [-0.05, 0) is 41.6 Å². The van der Waals surface area contributed by atoms with Crippen molar-refractivity contribution in [2.75, 3.05) is 0 Å². The molecule has 0 fully saturated rings. The number of hydrogen-bond donors (Lipinski definition) is 0. The zero-order chi connectivity index (χ0) is 12.5. The maximum atomic E-state index is 5.67. The Kier molecular flexibility index (Phi) is 4.73. The van der Waals surface area contributed by atoms with Crippen LogP contribution in [0.2, 0.25) is 0 Å². The Balaban J connectivity index is 3.01. The van der Waals surface area contributed by atoms with Gasteiger partial charge < -0.3 is 0 Å². The number of thiocarbonyl (C=S) groups is 1. The molecule has 0 heterocycles. The Morgan fingerprint density at radius 2 is 1.62 bits per heavy atom. The van der Waals surface area contributed by atoms with E-state index in [1.54, 1.807) is 0 Å². The summed E-state index contributed by atoms with van der Waals surface area (Å²) in [6, 6.07) is 0. The zero-order valence-electron chi connectivity index (χ0n) is 11.6. The Hall–Kier alpha value is -0.170. The van der Waals surface area contributed by atoms with Crippen LogP contribution >= 0.6 is 12.2 Å². The second-order valence-electron chi connectivity index (χ2n) is 6.14. The zero-order valence-corrected chi connectivity index (χ0v) is 12.4. The molecular formula is C15H26S. The number of rotatable bonds is 3. The summed E-state index contributed by atoms with van der Waals surface area (Å²) in [5.74, 6) is 3.32. The van der Waals surface area contributed by atoms with Crippen LogP contribution in [-0.2, 0) is 0 Å². The summed E-state index contributed by atoms with van der Waals surface area (Å²) in [5, 5.41) is 0. The molecule has 2 atom stereocenters. The van der Waals surface area contributed by atoms with Crippen molar-refractivity contribution in [3.8, 4) is 0 Å². The van der Waals surface area contributed by atoms with Gasteiger partial charge >= 0.3 is 0 Å². The summed E-state index contributed by atoms with van der Waals surface area (Å²) in [4.78, 5) is 1.24. The molecule has 92 valence electrons. The van der Waals surface area contributed by atoms with Crippen molar-refractivity contribution in [2.24, 2.45) is 29.6 Å². The van der Waals surface area contributed by atoms with E-state index in [0.717, 1.165) is 11.8 Å². The Morgan fingerprint density at radius 3 is 2.00 bits per heavy atom. The Morgan fingerprint density at radius 1 is 1.06 bits per heavy atom. The molecule has 0 nitrogen and oxygen atoms in total. The minimum Gasteiger partial charge on any atom is -0.0843 e. The maximum absolute atomic E-state index is 5.67. The average Bonchev–Trinajstić information content (AvgIpc) is 2.16. The molecule has 0 bridgehead atoms. The molecule has 0 saturated carbocycles. The van der Waals surface area contributed by atoms with E-state index in [0.29, 0.717) is 17.8 Å². The molecule has 0 aromatic heterocycles. The second-order valence-corrected chi connectivity index (χ2v) is 6.57. The molecule has 1 aliphatic rings. The summed E-state index contributed by atoms with van der Waals surface area (Å²) >= 11 is 5.67. The fraction of sp³-hybridized carbons (Fsp3) is 0.800. The lowest BCUT2D eigenvalue weighted by Crippen LogP contribution is -2.31. The number of hydrogen-bond acceptors (Lipinski definition) is 1. The van der Waals surface area contributed by atoms with Gasteiger partial charge in [0, 0.05) is 4.86 Å². The van der Waals surface area contributed by atoms with Gasteiger partial charge in [-0.25, -0.2) is 0 Å². The molecule has 16 heavy (non-hydrogen) atoms. The summed E-state index contributed by atoms with van der Waals surface area (Å²) < 4.78 is 0. The van der Waals surface area contributed by atoms with Gasteiger partial charge in [-0.3, -0.25) is 0 Å². The average molecular weight is 238 g/mol. The lowest BCUT2D eigenvalue weighted by Gasteiger charge is -2.35. The van der Waals surface area contributed by atoms with Crippen LogP contribution in [0.5, 0.6) is 0 Å². The Labute approximate surface area is 107 Å². The highest BCUT2D eigenvalue weighted by Crippen LogP contribution is 2.37. The first-order chi connectivity index (χ1) is 7.34. The second kappa shape index (κ2) is 5.44. The monoisotopic (exact) mass is 238 g/mol. The minimum atomic E-state index is 0.579. The molecule has 1 rings (SSSR count). The molecule has 0 aliphatic heterocycles. The first-order valence-electron chi connectivity index (χ1n) is 6.60. The van der Waals surface area contributed by atoms with Gasteiger partial charge in [-0.15, -0.1) is 0 Å². The van der Waals surface area contributed by atoms with E-state index in [1.807, 2.05) is 0 Å². The first-order valence-corrected chi connectivity index (χ1v) is 7.01. The fourth-order valence-electron chi connectivity index (χ4n) is 2.51. The van der Waals surface area contributed by atoms with E-state index < -0.39 is 0 Å². The molecule has 0 N–H and O–H groups in total. The van der Waals surface area contributed by atoms with Crippen molar-refractivity contribution in [3.63, 3.8) is 0 Å². The molecule has 0 aromatic rings. The molecular weight excluding hydrogens is 212 g/mol. The fourth-order valence-corrected chi connectivity index (χ4v) is 3.18. The van der Waals surface area contributed by atoms with Gasteiger partial charge in [0.2, 0.25) is 0 Å². The molecule has 1 aliphatic carbocycles. The van der Waals surface area contributed by atoms with Gasteiger partial charge in [-0.2, -0.15) is 0 Å². The van der Waals surface area contributed by atoms with Crippen LogP contribution in [0.3, 0.4) is 0 Å². The predicted molar refractivity (Wildman–Crippen MR) is 76.8 cm³/mol. The van der Waals surface area contributed by atoms with Gasteiger partial charge in [-0.1, -0.05) is 59.8 Å². The molecule has 0 radical (unpaired) electrons. The van der Waals surface area contributed by atoms with Crippen LogP contribution in [0.25, 0.3) is 0 Å². The standard InChI is InChI=1S/C15H26S/c1-9(2)12-7-13(10(3)4)15(16)14(8-12)11(5)6/h7,9-12,14H,8H2,1-6H3. The van der Waals surface area contributed by atoms with Crippen LogP contribution in [0, 0.1) is 29.6 Å². The van der Waals surface area contributed by atoms with Crippen LogP contribution < -0.4 is 0 Å². The normalized spacial score (nSPS) is 26.8. The first kappa shape index (κ1) is 13.9. The van der Waals surface area contributed by atoms with Crippen molar-refractivity contribution in [2.45, 2.75) is 48.0 Å². The molecule has 0 spiro atoms. The lowest BCUT2D eigenvalue weighted by atomic mass is 9.71. The van der Waals surface area contributed by atoms with Crippen LogP contribution in [0.4, 0.5) is 0 Å². The highest BCUT2D eigenvalue weighted by molar-refractivity contribution is 7.80. The van der Waals surface area contributed by atoms with Crippen LogP contribution in [0.15, 0.2) is 11.6 Å². The van der Waals surface area contributed by atoms with Gasteiger partial charge in [0.1, 0.15) is 0 Å². The van der Waals surface area contributed by atoms with Gasteiger partial charge in [0.05, 0.1) is 0 Å². The van der Waals surface area contributed by atoms with Crippen molar-refractivity contribution in [1.29, 1.82) is 0 Å². The summed E-state index contributed by atoms with van der Waals surface area (Å²) in [5.41, 5.74) is 1.44. The van der Waals surface area contributed by atoms with Crippen LogP contribution in [-0.4, -0.2) is 4.86 Å². The lowest BCUT2D eigenvalue weighted by molar-refractivity contribution is 0.339. The van der Waals surface area contributed by atoms with E-state index in [9.17, 15) is 0 Å². The van der Waals surface area contributed by atoms with E-state index in [4.69, 9.17) is 12.2 Å². The van der Waals surface area contributed by atoms with Gasteiger partial charge in [0.15, 0.2) is 0 Å². The summed E-state index contributed by atoms with van der Waals surface area (Å²) in [6.45, 7) is 13.8. The van der Waals surface area contributed by atoms with Crippen LogP contribution in [0.1, 0.15) is 48.0 Å². The largest absolute Gasteiger partial charge is 0.0843 e. The third-order valence-electron chi connectivity index (χ3n) is 3.82. The SMILES string of the molecule is CC(C)C1=CC(C(C)C)CC(C(C)C)C1=S. The topological polar surface area (TPSA) is 0 Å². The molecule has 0 saturated heterocycles. The Bertz CT molecular complexity index is 284. The highest BCUT2D eigenvalue weighted by atomic mass is 32.1. The smallest absolute Gasteiger partial charge is 0.0217 e.